The zero-order valence-corrected chi connectivity index (χ0v) is 10.1. The van der Waals surface area contributed by atoms with E-state index in [-0.39, 0.29) is 10.0 Å². The summed E-state index contributed by atoms with van der Waals surface area (Å²) in [7, 11) is 0. The minimum absolute atomic E-state index is 0.000738. The maximum atomic E-state index is 13.7. The molecule has 2 N–H and O–H groups in total. The molecule has 2 rings (SSSR count). The summed E-state index contributed by atoms with van der Waals surface area (Å²) in [5.74, 6) is -1.04. The number of halogens is 2. The summed E-state index contributed by atoms with van der Waals surface area (Å²) >= 11 is 2.96. The van der Waals surface area contributed by atoms with Crippen molar-refractivity contribution in [3.63, 3.8) is 0 Å². The molecule has 1 aromatic carbocycles. The largest absolute Gasteiger partial charge is 0.478 e. The molecule has 0 bridgehead atoms. The number of anilines is 1. The van der Waals surface area contributed by atoms with Gasteiger partial charge < -0.3 is 10.4 Å². The van der Waals surface area contributed by atoms with Gasteiger partial charge >= 0.3 is 5.97 Å². The van der Waals surface area contributed by atoms with Gasteiger partial charge in [-0.25, -0.2) is 9.18 Å². The molecule has 0 radical (unpaired) electrons. The molecule has 0 saturated heterocycles. The zero-order valence-electron chi connectivity index (χ0n) is 8.46. The van der Waals surface area contributed by atoms with Crippen molar-refractivity contribution in [1.82, 2.24) is 0 Å². The summed E-state index contributed by atoms with van der Waals surface area (Å²) in [6.07, 6.45) is 2.37. The molecule has 0 heterocycles. The highest BCUT2D eigenvalue weighted by molar-refractivity contribution is 9.10. The Labute approximate surface area is 101 Å². The lowest BCUT2D eigenvalue weighted by Gasteiger charge is -2.09. The lowest BCUT2D eigenvalue weighted by molar-refractivity contribution is 0.0695. The number of carboxylic acids is 1. The molecular formula is C11H11BrFNO2. The lowest BCUT2D eigenvalue weighted by atomic mass is 10.2. The van der Waals surface area contributed by atoms with Crippen LogP contribution in [0.5, 0.6) is 0 Å². The fourth-order valence-electron chi connectivity index (χ4n) is 1.43. The number of carbonyl (C=O) groups is 1. The van der Waals surface area contributed by atoms with Crippen LogP contribution >= 0.6 is 15.9 Å². The van der Waals surface area contributed by atoms with E-state index < -0.39 is 11.8 Å². The summed E-state index contributed by atoms with van der Waals surface area (Å²) in [5.41, 5.74) is 0.290. The SMILES string of the molecule is O=C(O)c1ccc(NCC2CC2)c(F)c1Br. The number of hydrogen-bond donors (Lipinski definition) is 2. The molecule has 0 atom stereocenters. The van der Waals surface area contributed by atoms with E-state index in [2.05, 4.69) is 21.2 Å². The van der Waals surface area contributed by atoms with E-state index in [1.807, 2.05) is 0 Å². The Morgan fingerprint density at radius 2 is 2.25 bits per heavy atom. The van der Waals surface area contributed by atoms with Crippen LogP contribution in [0.25, 0.3) is 0 Å². The van der Waals surface area contributed by atoms with Crippen LogP contribution in [0.3, 0.4) is 0 Å². The van der Waals surface area contributed by atoms with Crippen molar-refractivity contribution in [1.29, 1.82) is 0 Å². The smallest absolute Gasteiger partial charge is 0.336 e. The Balaban J connectivity index is 2.19. The highest BCUT2D eigenvalue weighted by Gasteiger charge is 2.22. The molecule has 1 aliphatic carbocycles. The standard InChI is InChI=1S/C11H11BrFNO2/c12-9-7(11(15)16)3-4-8(10(9)13)14-5-6-1-2-6/h3-4,6,14H,1-2,5H2,(H,15,16). The summed E-state index contributed by atoms with van der Waals surface area (Å²) in [4.78, 5) is 10.7. The van der Waals surface area contributed by atoms with Gasteiger partial charge in [-0.15, -0.1) is 0 Å². The van der Waals surface area contributed by atoms with E-state index in [4.69, 9.17) is 5.11 Å². The molecule has 0 unspecified atom stereocenters. The van der Waals surface area contributed by atoms with Gasteiger partial charge in [0.15, 0.2) is 5.82 Å². The van der Waals surface area contributed by atoms with Crippen LogP contribution in [0.15, 0.2) is 16.6 Å². The van der Waals surface area contributed by atoms with Crippen molar-refractivity contribution in [2.24, 2.45) is 5.92 Å². The Kier molecular flexibility index (Phi) is 3.14. The second kappa shape index (κ2) is 4.41. The lowest BCUT2D eigenvalue weighted by Crippen LogP contribution is -2.07. The minimum atomic E-state index is -1.14. The number of nitrogens with one attached hydrogen (secondary N) is 1. The van der Waals surface area contributed by atoms with E-state index in [0.29, 0.717) is 11.6 Å². The van der Waals surface area contributed by atoms with Gasteiger partial charge in [0.2, 0.25) is 0 Å². The van der Waals surface area contributed by atoms with Crippen LogP contribution < -0.4 is 5.32 Å². The zero-order chi connectivity index (χ0) is 11.7. The third kappa shape index (κ3) is 2.35. The Hall–Kier alpha value is -1.10. The quantitative estimate of drug-likeness (QED) is 0.895. The van der Waals surface area contributed by atoms with Gasteiger partial charge in [0.05, 0.1) is 15.7 Å². The predicted octanol–water partition coefficient (Wildman–Crippen LogP) is 3.11. The first kappa shape index (κ1) is 11.4. The average Bonchev–Trinajstić information content (AvgIpc) is 3.03. The van der Waals surface area contributed by atoms with Crippen molar-refractivity contribution in [3.8, 4) is 0 Å². The van der Waals surface area contributed by atoms with Gasteiger partial charge in [0.1, 0.15) is 0 Å². The van der Waals surface area contributed by atoms with Crippen molar-refractivity contribution in [2.45, 2.75) is 12.8 Å². The summed E-state index contributed by atoms with van der Waals surface area (Å²) in [6, 6.07) is 2.86. The normalized spacial score (nSPS) is 14.9. The average molecular weight is 288 g/mol. The van der Waals surface area contributed by atoms with Crippen molar-refractivity contribution in [3.05, 3.63) is 28.0 Å². The van der Waals surface area contributed by atoms with Crippen LogP contribution in [0, 0.1) is 11.7 Å². The number of hydrogen-bond acceptors (Lipinski definition) is 2. The van der Waals surface area contributed by atoms with E-state index in [1.165, 1.54) is 25.0 Å². The first-order valence-electron chi connectivity index (χ1n) is 5.04. The fourth-order valence-corrected chi connectivity index (χ4v) is 1.94. The number of rotatable bonds is 4. The number of benzene rings is 1. The summed E-state index contributed by atoms with van der Waals surface area (Å²) in [5, 5.41) is 11.8. The van der Waals surface area contributed by atoms with Crippen molar-refractivity contribution in [2.75, 3.05) is 11.9 Å². The van der Waals surface area contributed by atoms with Crippen LogP contribution in [0.1, 0.15) is 23.2 Å². The molecule has 0 aliphatic heterocycles. The van der Waals surface area contributed by atoms with Gasteiger partial charge in [0, 0.05) is 6.54 Å². The van der Waals surface area contributed by atoms with Crippen LogP contribution in [-0.2, 0) is 0 Å². The van der Waals surface area contributed by atoms with Gasteiger partial charge in [-0.05, 0) is 46.8 Å². The Morgan fingerprint density at radius 1 is 1.56 bits per heavy atom. The molecule has 0 spiro atoms. The van der Waals surface area contributed by atoms with E-state index >= 15 is 0 Å². The molecule has 1 saturated carbocycles. The first-order chi connectivity index (χ1) is 7.59. The molecule has 16 heavy (non-hydrogen) atoms. The van der Waals surface area contributed by atoms with E-state index in [9.17, 15) is 9.18 Å². The van der Waals surface area contributed by atoms with Gasteiger partial charge in [-0.1, -0.05) is 0 Å². The predicted molar refractivity (Wildman–Crippen MR) is 62.3 cm³/mol. The first-order valence-corrected chi connectivity index (χ1v) is 5.84. The molecule has 86 valence electrons. The minimum Gasteiger partial charge on any atom is -0.478 e. The third-order valence-electron chi connectivity index (χ3n) is 2.59. The van der Waals surface area contributed by atoms with Gasteiger partial charge in [-0.3, -0.25) is 0 Å². The second-order valence-electron chi connectivity index (χ2n) is 3.92. The Bertz CT molecular complexity index is 432. The van der Waals surface area contributed by atoms with E-state index in [1.54, 1.807) is 0 Å². The topological polar surface area (TPSA) is 49.3 Å². The monoisotopic (exact) mass is 287 g/mol. The van der Waals surface area contributed by atoms with Crippen LogP contribution in [0.2, 0.25) is 0 Å². The second-order valence-corrected chi connectivity index (χ2v) is 4.71. The summed E-state index contributed by atoms with van der Waals surface area (Å²) in [6.45, 7) is 0.746. The van der Waals surface area contributed by atoms with E-state index in [0.717, 1.165) is 6.54 Å². The molecule has 0 amide bonds. The highest BCUT2D eigenvalue weighted by atomic mass is 79.9. The fraction of sp³-hybridized carbons (Fsp3) is 0.364. The van der Waals surface area contributed by atoms with Crippen molar-refractivity contribution < 1.29 is 14.3 Å². The van der Waals surface area contributed by atoms with Crippen molar-refractivity contribution >= 4 is 27.6 Å². The number of carboxylic acid groups (broad SMARTS) is 1. The third-order valence-corrected chi connectivity index (χ3v) is 3.37. The summed E-state index contributed by atoms with van der Waals surface area (Å²) < 4.78 is 13.7. The highest BCUT2D eigenvalue weighted by Crippen LogP contribution is 2.31. The molecular weight excluding hydrogens is 277 g/mol. The maximum Gasteiger partial charge on any atom is 0.336 e. The van der Waals surface area contributed by atoms with Gasteiger partial charge in [0.25, 0.3) is 0 Å². The molecule has 1 fully saturated rings. The van der Waals surface area contributed by atoms with Crippen LogP contribution in [-0.4, -0.2) is 17.6 Å². The maximum absolute atomic E-state index is 13.7. The molecule has 3 nitrogen and oxygen atoms in total. The van der Waals surface area contributed by atoms with Crippen LogP contribution in [0.4, 0.5) is 10.1 Å². The molecule has 1 aromatic rings. The number of aromatic carboxylic acids is 1. The van der Waals surface area contributed by atoms with Gasteiger partial charge in [-0.2, -0.15) is 0 Å². The molecule has 0 aromatic heterocycles. The Morgan fingerprint density at radius 3 is 2.81 bits per heavy atom. The molecule has 5 heteroatoms. The molecule has 1 aliphatic rings.